The summed E-state index contributed by atoms with van der Waals surface area (Å²) in [5, 5.41) is 9.90. The first kappa shape index (κ1) is 16.0. The number of aliphatic hydroxyl groups excluding tert-OH is 1. The molecule has 1 unspecified atom stereocenters. The fourth-order valence-electron chi connectivity index (χ4n) is 2.17. The lowest BCUT2D eigenvalue weighted by Gasteiger charge is -2.27. The van der Waals surface area contributed by atoms with Crippen LogP contribution in [0.4, 0.5) is 9.18 Å². The molecule has 1 aromatic rings. The maximum Gasteiger partial charge on any atom is 0.418 e. The Kier molecular flexibility index (Phi) is 4.21. The van der Waals surface area contributed by atoms with E-state index in [2.05, 4.69) is 0 Å². The Morgan fingerprint density at radius 2 is 2.00 bits per heavy atom. The zero-order valence-corrected chi connectivity index (χ0v) is 12.7. The van der Waals surface area contributed by atoms with Gasteiger partial charge in [-0.1, -0.05) is 18.2 Å². The fourth-order valence-corrected chi connectivity index (χ4v) is 2.17. The SMILES string of the molecule is CC(C)(C)OC(=O)N1C(=O)C=C(O)C1Cc1ccccc1F. The van der Waals surface area contributed by atoms with Gasteiger partial charge >= 0.3 is 6.09 Å². The lowest BCUT2D eigenvalue weighted by Crippen LogP contribution is -2.44. The zero-order chi connectivity index (χ0) is 16.5. The number of carbonyl (C=O) groups is 2. The monoisotopic (exact) mass is 307 g/mol. The molecule has 5 nitrogen and oxygen atoms in total. The van der Waals surface area contributed by atoms with E-state index >= 15 is 0 Å². The molecule has 2 amide bonds. The first-order valence-corrected chi connectivity index (χ1v) is 6.89. The Bertz CT molecular complexity index is 633. The lowest BCUT2D eigenvalue weighted by molar-refractivity contribution is -0.125. The minimum atomic E-state index is -0.959. The minimum Gasteiger partial charge on any atom is -0.510 e. The Hall–Kier alpha value is -2.37. The number of benzene rings is 1. The molecule has 1 atom stereocenters. The molecule has 0 saturated carbocycles. The molecule has 1 aromatic carbocycles. The highest BCUT2D eigenvalue weighted by Crippen LogP contribution is 2.25. The number of ether oxygens (including phenoxy) is 1. The van der Waals surface area contributed by atoms with Crippen LogP contribution in [-0.4, -0.2) is 33.6 Å². The van der Waals surface area contributed by atoms with Gasteiger partial charge < -0.3 is 9.84 Å². The number of halogens is 1. The van der Waals surface area contributed by atoms with E-state index in [1.807, 2.05) is 0 Å². The van der Waals surface area contributed by atoms with Gasteiger partial charge in [0.25, 0.3) is 5.91 Å². The molecule has 2 rings (SSSR count). The second-order valence-corrected chi connectivity index (χ2v) is 6.07. The van der Waals surface area contributed by atoms with Crippen molar-refractivity contribution in [2.45, 2.75) is 38.8 Å². The lowest BCUT2D eigenvalue weighted by atomic mass is 10.0. The van der Waals surface area contributed by atoms with E-state index in [9.17, 15) is 19.1 Å². The van der Waals surface area contributed by atoms with Crippen LogP contribution < -0.4 is 0 Å². The second kappa shape index (κ2) is 5.79. The molecule has 1 N–H and O–H groups in total. The van der Waals surface area contributed by atoms with Gasteiger partial charge in [0.05, 0.1) is 0 Å². The molecule has 0 aromatic heterocycles. The van der Waals surface area contributed by atoms with Gasteiger partial charge in [-0.05, 0) is 32.4 Å². The van der Waals surface area contributed by atoms with Crippen molar-refractivity contribution in [1.29, 1.82) is 0 Å². The summed E-state index contributed by atoms with van der Waals surface area (Å²) < 4.78 is 18.9. The van der Waals surface area contributed by atoms with Gasteiger partial charge in [0.2, 0.25) is 0 Å². The van der Waals surface area contributed by atoms with Crippen LogP contribution in [0.2, 0.25) is 0 Å². The number of rotatable bonds is 2. The Labute approximate surface area is 128 Å². The molecule has 22 heavy (non-hydrogen) atoms. The molecule has 0 aliphatic carbocycles. The number of carbonyl (C=O) groups excluding carboxylic acids is 2. The van der Waals surface area contributed by atoms with E-state index in [0.29, 0.717) is 5.56 Å². The summed E-state index contributed by atoms with van der Waals surface area (Å²) in [5.41, 5.74) is -0.478. The Morgan fingerprint density at radius 3 is 2.59 bits per heavy atom. The highest BCUT2D eigenvalue weighted by atomic mass is 19.1. The smallest absolute Gasteiger partial charge is 0.418 e. The molecule has 118 valence electrons. The Morgan fingerprint density at radius 1 is 1.36 bits per heavy atom. The average Bonchev–Trinajstić information content (AvgIpc) is 2.65. The summed E-state index contributed by atoms with van der Waals surface area (Å²) in [7, 11) is 0. The summed E-state index contributed by atoms with van der Waals surface area (Å²) in [4.78, 5) is 24.9. The summed E-state index contributed by atoms with van der Waals surface area (Å²) in [5.74, 6) is -1.41. The van der Waals surface area contributed by atoms with Crippen molar-refractivity contribution < 1.29 is 23.8 Å². The molecule has 1 aliphatic rings. The maximum atomic E-state index is 13.7. The zero-order valence-electron chi connectivity index (χ0n) is 12.7. The molecule has 0 spiro atoms. The van der Waals surface area contributed by atoms with Crippen molar-refractivity contribution in [3.8, 4) is 0 Å². The summed E-state index contributed by atoms with van der Waals surface area (Å²) in [6.07, 6.45) is 0.0780. The molecule has 0 bridgehead atoms. The minimum absolute atomic E-state index is 0.0139. The third-order valence-corrected chi connectivity index (χ3v) is 3.12. The van der Waals surface area contributed by atoms with E-state index in [-0.39, 0.29) is 12.2 Å². The number of aliphatic hydroxyl groups is 1. The van der Waals surface area contributed by atoms with Crippen molar-refractivity contribution in [1.82, 2.24) is 4.90 Å². The van der Waals surface area contributed by atoms with Gasteiger partial charge in [-0.15, -0.1) is 0 Å². The summed E-state index contributed by atoms with van der Waals surface area (Å²) in [6.45, 7) is 5.01. The van der Waals surface area contributed by atoms with E-state index in [1.54, 1.807) is 39.0 Å². The molecular weight excluding hydrogens is 289 g/mol. The maximum absolute atomic E-state index is 13.7. The molecule has 0 saturated heterocycles. The summed E-state index contributed by atoms with van der Waals surface area (Å²) >= 11 is 0. The van der Waals surface area contributed by atoms with Gasteiger partial charge in [0.1, 0.15) is 23.2 Å². The third-order valence-electron chi connectivity index (χ3n) is 3.12. The third kappa shape index (κ3) is 3.44. The largest absolute Gasteiger partial charge is 0.510 e. The van der Waals surface area contributed by atoms with Crippen LogP contribution in [0.25, 0.3) is 0 Å². The van der Waals surface area contributed by atoms with Gasteiger partial charge in [0.15, 0.2) is 0 Å². The van der Waals surface area contributed by atoms with Crippen LogP contribution >= 0.6 is 0 Å². The summed E-state index contributed by atoms with van der Waals surface area (Å²) in [6, 6.07) is 5.05. The van der Waals surface area contributed by atoms with E-state index in [0.717, 1.165) is 11.0 Å². The van der Waals surface area contributed by atoms with Crippen LogP contribution in [0.3, 0.4) is 0 Å². The van der Waals surface area contributed by atoms with Crippen molar-refractivity contribution in [2.75, 3.05) is 0 Å². The first-order chi connectivity index (χ1) is 10.2. The van der Waals surface area contributed by atoms with Gasteiger partial charge in [-0.25, -0.2) is 14.1 Å². The Balaban J connectivity index is 2.24. The average molecular weight is 307 g/mol. The van der Waals surface area contributed by atoms with E-state index in [1.165, 1.54) is 6.07 Å². The van der Waals surface area contributed by atoms with Crippen molar-refractivity contribution in [2.24, 2.45) is 0 Å². The van der Waals surface area contributed by atoms with Crippen LogP contribution in [0.15, 0.2) is 36.1 Å². The van der Waals surface area contributed by atoms with Crippen LogP contribution in [0.5, 0.6) is 0 Å². The first-order valence-electron chi connectivity index (χ1n) is 6.89. The van der Waals surface area contributed by atoms with E-state index < -0.39 is 29.5 Å². The number of hydrogen-bond acceptors (Lipinski definition) is 4. The number of hydrogen-bond donors (Lipinski definition) is 1. The normalized spacial score (nSPS) is 18.4. The van der Waals surface area contributed by atoms with Crippen molar-refractivity contribution >= 4 is 12.0 Å². The molecule has 1 aliphatic heterocycles. The topological polar surface area (TPSA) is 66.8 Å². The highest BCUT2D eigenvalue weighted by Gasteiger charge is 2.40. The van der Waals surface area contributed by atoms with E-state index in [4.69, 9.17) is 4.74 Å². The van der Waals surface area contributed by atoms with Gasteiger partial charge in [0, 0.05) is 12.5 Å². The standard InChI is InChI=1S/C16H18FNO4/c1-16(2,3)22-15(21)18-12(13(19)9-14(18)20)8-10-6-4-5-7-11(10)17/h4-7,9,12,19H,8H2,1-3H3. The molecular formula is C16H18FNO4. The molecule has 1 heterocycles. The fraction of sp³-hybridized carbons (Fsp3) is 0.375. The van der Waals surface area contributed by atoms with Crippen LogP contribution in [0.1, 0.15) is 26.3 Å². The number of imide groups is 1. The van der Waals surface area contributed by atoms with Crippen LogP contribution in [-0.2, 0) is 16.0 Å². The molecule has 0 fully saturated rings. The van der Waals surface area contributed by atoms with Gasteiger partial charge in [-0.3, -0.25) is 4.79 Å². The highest BCUT2D eigenvalue weighted by molar-refractivity contribution is 6.02. The predicted octanol–water partition coefficient (Wildman–Crippen LogP) is 2.96. The number of amides is 2. The quantitative estimate of drug-likeness (QED) is 0.912. The van der Waals surface area contributed by atoms with Crippen molar-refractivity contribution in [3.63, 3.8) is 0 Å². The molecule has 0 radical (unpaired) electrons. The predicted molar refractivity (Wildman–Crippen MR) is 77.7 cm³/mol. The molecule has 6 heteroatoms. The van der Waals surface area contributed by atoms with Crippen LogP contribution in [0, 0.1) is 5.82 Å². The number of nitrogens with zero attached hydrogens (tertiary/aromatic N) is 1. The van der Waals surface area contributed by atoms with Gasteiger partial charge in [-0.2, -0.15) is 0 Å². The second-order valence-electron chi connectivity index (χ2n) is 6.07. The van der Waals surface area contributed by atoms with Crippen molar-refractivity contribution in [3.05, 3.63) is 47.5 Å².